The zero-order valence-electron chi connectivity index (χ0n) is 10.8. The smallest absolute Gasteiger partial charge is 0.0849 e. The molecule has 2 heteroatoms. The van der Waals surface area contributed by atoms with Crippen molar-refractivity contribution in [2.75, 3.05) is 0 Å². The molecule has 0 saturated heterocycles. The van der Waals surface area contributed by atoms with Gasteiger partial charge >= 0.3 is 0 Å². The van der Waals surface area contributed by atoms with Crippen LogP contribution in [0.25, 0.3) is 0 Å². The molecule has 0 N–H and O–H groups in total. The first kappa shape index (κ1) is 13.0. The minimum atomic E-state index is -1.07. The van der Waals surface area contributed by atoms with Gasteiger partial charge in [-0.1, -0.05) is 38.1 Å². The third kappa shape index (κ3) is 2.88. The fraction of sp³-hybridized carbons (Fsp3) is 0.250. The summed E-state index contributed by atoms with van der Waals surface area (Å²) in [5.41, 5.74) is 2.46. The summed E-state index contributed by atoms with van der Waals surface area (Å²) < 4.78 is 12.5. The van der Waals surface area contributed by atoms with E-state index in [0.717, 1.165) is 22.6 Å². The number of aryl methyl sites for hydroxylation is 2. The average molecular weight is 258 g/mol. The van der Waals surface area contributed by atoms with Crippen molar-refractivity contribution in [3.63, 3.8) is 0 Å². The van der Waals surface area contributed by atoms with Crippen LogP contribution in [0.5, 0.6) is 0 Å². The number of benzene rings is 2. The van der Waals surface area contributed by atoms with Crippen LogP contribution < -0.4 is 0 Å². The van der Waals surface area contributed by atoms with E-state index in [1.165, 1.54) is 11.1 Å². The summed E-state index contributed by atoms with van der Waals surface area (Å²) in [5.74, 6) is 0. The van der Waals surface area contributed by atoms with Gasteiger partial charge in [0.2, 0.25) is 0 Å². The quantitative estimate of drug-likeness (QED) is 0.810. The number of rotatable bonds is 4. The van der Waals surface area contributed by atoms with Gasteiger partial charge in [-0.3, -0.25) is 0 Å². The lowest BCUT2D eigenvalue weighted by molar-refractivity contribution is 0.683. The second-order valence-electron chi connectivity index (χ2n) is 4.27. The molecule has 0 unspecified atom stereocenters. The molecule has 0 heterocycles. The third-order valence-electron chi connectivity index (χ3n) is 3.04. The summed E-state index contributed by atoms with van der Waals surface area (Å²) in [7, 11) is -1.07. The summed E-state index contributed by atoms with van der Waals surface area (Å²) in [6, 6.07) is 16.1. The molecule has 2 aromatic carbocycles. The zero-order chi connectivity index (χ0) is 13.0. The van der Waals surface area contributed by atoms with E-state index in [9.17, 15) is 4.21 Å². The minimum absolute atomic E-state index is 0.891. The SMILES string of the molecule is CCc1cccc(S(=O)c2cccc(CC)c2)c1. The van der Waals surface area contributed by atoms with E-state index in [4.69, 9.17) is 0 Å². The van der Waals surface area contributed by atoms with Gasteiger partial charge in [0.1, 0.15) is 0 Å². The van der Waals surface area contributed by atoms with Crippen LogP contribution >= 0.6 is 0 Å². The Kier molecular flexibility index (Phi) is 4.32. The minimum Gasteiger partial charge on any atom is -0.249 e. The van der Waals surface area contributed by atoms with Gasteiger partial charge in [0, 0.05) is 9.79 Å². The topological polar surface area (TPSA) is 17.1 Å². The normalized spacial score (nSPS) is 10.8. The van der Waals surface area contributed by atoms with Crippen molar-refractivity contribution in [2.45, 2.75) is 36.5 Å². The van der Waals surface area contributed by atoms with Crippen LogP contribution in [0, 0.1) is 0 Å². The monoisotopic (exact) mass is 258 g/mol. The fourth-order valence-electron chi connectivity index (χ4n) is 1.90. The first-order valence-corrected chi connectivity index (χ1v) is 7.49. The van der Waals surface area contributed by atoms with Crippen LogP contribution in [0.2, 0.25) is 0 Å². The molecular formula is C16H18OS. The molecule has 0 bridgehead atoms. The molecule has 0 amide bonds. The molecule has 0 aromatic heterocycles. The van der Waals surface area contributed by atoms with Crippen molar-refractivity contribution in [3.05, 3.63) is 59.7 Å². The molecular weight excluding hydrogens is 240 g/mol. The van der Waals surface area contributed by atoms with Gasteiger partial charge in [0.05, 0.1) is 10.8 Å². The van der Waals surface area contributed by atoms with Crippen molar-refractivity contribution < 1.29 is 4.21 Å². The van der Waals surface area contributed by atoms with Gasteiger partial charge in [-0.05, 0) is 48.2 Å². The summed E-state index contributed by atoms with van der Waals surface area (Å²) in [6.07, 6.45) is 1.94. The molecule has 2 rings (SSSR count). The van der Waals surface area contributed by atoms with Gasteiger partial charge < -0.3 is 0 Å². The molecule has 0 spiro atoms. The summed E-state index contributed by atoms with van der Waals surface area (Å²) in [4.78, 5) is 1.78. The van der Waals surface area contributed by atoms with E-state index in [2.05, 4.69) is 26.0 Å². The molecule has 0 radical (unpaired) electrons. The van der Waals surface area contributed by atoms with Crippen LogP contribution in [0.3, 0.4) is 0 Å². The van der Waals surface area contributed by atoms with Crippen molar-refractivity contribution in [1.82, 2.24) is 0 Å². The van der Waals surface area contributed by atoms with Gasteiger partial charge in [-0.15, -0.1) is 0 Å². The highest BCUT2D eigenvalue weighted by atomic mass is 32.2. The first-order valence-electron chi connectivity index (χ1n) is 6.34. The Morgan fingerprint density at radius 1 is 0.833 bits per heavy atom. The van der Waals surface area contributed by atoms with E-state index >= 15 is 0 Å². The van der Waals surface area contributed by atoms with Crippen LogP contribution in [-0.2, 0) is 23.6 Å². The highest BCUT2D eigenvalue weighted by Crippen LogP contribution is 2.19. The lowest BCUT2D eigenvalue weighted by atomic mass is 10.2. The van der Waals surface area contributed by atoms with Gasteiger partial charge in [0.15, 0.2) is 0 Å². The second-order valence-corrected chi connectivity index (χ2v) is 5.75. The van der Waals surface area contributed by atoms with E-state index in [0.29, 0.717) is 0 Å². The van der Waals surface area contributed by atoms with Gasteiger partial charge in [-0.2, -0.15) is 0 Å². The summed E-state index contributed by atoms with van der Waals surface area (Å²) >= 11 is 0. The van der Waals surface area contributed by atoms with E-state index in [1.807, 2.05) is 36.4 Å². The lowest BCUT2D eigenvalue weighted by Gasteiger charge is -2.06. The number of hydrogen-bond acceptors (Lipinski definition) is 1. The standard InChI is InChI=1S/C16H18OS/c1-3-13-7-5-9-15(11-13)18(17)16-10-6-8-14(4-2)12-16/h5-12H,3-4H2,1-2H3. The predicted octanol–water partition coefficient (Wildman–Crippen LogP) is 3.98. The van der Waals surface area contributed by atoms with Gasteiger partial charge in [-0.25, -0.2) is 4.21 Å². The van der Waals surface area contributed by atoms with E-state index in [1.54, 1.807) is 0 Å². The van der Waals surface area contributed by atoms with Crippen molar-refractivity contribution in [2.24, 2.45) is 0 Å². The average Bonchev–Trinajstić information content (AvgIpc) is 2.46. The summed E-state index contributed by atoms with van der Waals surface area (Å²) in [6.45, 7) is 4.22. The summed E-state index contributed by atoms with van der Waals surface area (Å²) in [5, 5.41) is 0. The van der Waals surface area contributed by atoms with Crippen LogP contribution in [0.15, 0.2) is 58.3 Å². The first-order chi connectivity index (χ1) is 8.74. The highest BCUT2D eigenvalue weighted by Gasteiger charge is 2.07. The Bertz CT molecular complexity index is 511. The fourth-order valence-corrected chi connectivity index (χ4v) is 3.09. The van der Waals surface area contributed by atoms with E-state index < -0.39 is 10.8 Å². The Morgan fingerprint density at radius 3 is 1.67 bits per heavy atom. The van der Waals surface area contributed by atoms with Crippen LogP contribution in [0.1, 0.15) is 25.0 Å². The maximum Gasteiger partial charge on any atom is 0.0849 e. The third-order valence-corrected chi connectivity index (χ3v) is 4.41. The Labute approximate surface area is 111 Å². The number of hydrogen-bond donors (Lipinski definition) is 0. The molecule has 0 aliphatic carbocycles. The molecule has 2 aromatic rings. The molecule has 0 aliphatic rings. The van der Waals surface area contributed by atoms with Crippen LogP contribution in [0.4, 0.5) is 0 Å². The molecule has 0 aliphatic heterocycles. The highest BCUT2D eigenvalue weighted by molar-refractivity contribution is 7.85. The Hall–Kier alpha value is -1.41. The zero-order valence-corrected chi connectivity index (χ0v) is 11.7. The molecule has 94 valence electrons. The van der Waals surface area contributed by atoms with Crippen molar-refractivity contribution >= 4 is 10.8 Å². The Morgan fingerprint density at radius 2 is 1.28 bits per heavy atom. The second kappa shape index (κ2) is 5.96. The van der Waals surface area contributed by atoms with E-state index in [-0.39, 0.29) is 0 Å². The largest absolute Gasteiger partial charge is 0.249 e. The van der Waals surface area contributed by atoms with Crippen LogP contribution in [-0.4, -0.2) is 4.21 Å². The maximum absolute atomic E-state index is 12.5. The lowest BCUT2D eigenvalue weighted by Crippen LogP contribution is -1.95. The maximum atomic E-state index is 12.5. The molecule has 1 nitrogen and oxygen atoms in total. The predicted molar refractivity (Wildman–Crippen MR) is 76.3 cm³/mol. The molecule has 0 fully saturated rings. The van der Waals surface area contributed by atoms with Crippen molar-refractivity contribution in [1.29, 1.82) is 0 Å². The molecule has 0 saturated carbocycles. The van der Waals surface area contributed by atoms with Crippen molar-refractivity contribution in [3.8, 4) is 0 Å². The molecule has 18 heavy (non-hydrogen) atoms. The molecule has 0 atom stereocenters. The van der Waals surface area contributed by atoms with Gasteiger partial charge in [0.25, 0.3) is 0 Å². The Balaban J connectivity index is 2.34.